The van der Waals surface area contributed by atoms with Crippen LogP contribution in [-0.4, -0.2) is 20.7 Å². The van der Waals surface area contributed by atoms with Crippen molar-refractivity contribution in [3.8, 4) is 17.0 Å². The number of phenols is 1. The third-order valence-corrected chi connectivity index (χ3v) is 5.18. The maximum absolute atomic E-state index is 13.5. The first-order chi connectivity index (χ1) is 13.2. The number of alkyl halides is 3. The number of carboxylic acids is 1. The molecule has 0 bridgehead atoms. The monoisotopic (exact) mass is 413 g/mol. The lowest BCUT2D eigenvalue weighted by atomic mass is 10.0. The smallest absolute Gasteiger partial charge is 0.417 e. The van der Waals surface area contributed by atoms with Crippen LogP contribution >= 0.6 is 11.3 Å². The van der Waals surface area contributed by atoms with Gasteiger partial charge in [-0.05, 0) is 36.8 Å². The van der Waals surface area contributed by atoms with Crippen molar-refractivity contribution in [3.63, 3.8) is 0 Å². The Bertz CT molecular complexity index is 973. The van der Waals surface area contributed by atoms with Crippen LogP contribution in [0.5, 0.6) is 5.75 Å². The maximum atomic E-state index is 13.5. The topological polar surface area (TPSA) is 62.5 Å². The van der Waals surface area contributed by atoms with Crippen molar-refractivity contribution in [1.29, 1.82) is 0 Å². The molecule has 0 aliphatic rings. The van der Waals surface area contributed by atoms with E-state index < -0.39 is 23.5 Å². The van der Waals surface area contributed by atoms with Gasteiger partial charge in [0.15, 0.2) is 0 Å². The minimum atomic E-state index is -4.62. The summed E-state index contributed by atoms with van der Waals surface area (Å²) in [6.45, 7) is 6.45. The number of fused-ring (bicyclic) bond motifs is 1. The molecule has 0 aliphatic heterocycles. The Kier molecular flexibility index (Phi) is 6.77. The number of hydrogen-bond acceptors (Lipinski definition) is 3. The first kappa shape index (κ1) is 21.8. The molecule has 1 aromatic carbocycles. The highest BCUT2D eigenvalue weighted by Crippen LogP contribution is 2.42. The number of phenolic OH excluding ortho intramolecular Hbond substituents is 1. The standard InChI is InChI=1S/C18H16F3NO3S.C2H6/c1-2-3-6-22-13(8-15-14(22)9-16(26-15)17(24)25)11-5-4-10(23)7-12(11)18(19,20)21;1-2/h4-5,7-9,23H,2-3,6H2,1H3,(H,24,25);1-2H3. The van der Waals surface area contributed by atoms with E-state index in [1.54, 1.807) is 10.6 Å². The number of aryl methyl sites for hydroxylation is 1. The van der Waals surface area contributed by atoms with E-state index in [2.05, 4.69) is 0 Å². The number of nitrogens with zero attached hydrogens (tertiary/aromatic N) is 1. The van der Waals surface area contributed by atoms with Crippen LogP contribution in [0.25, 0.3) is 21.5 Å². The Hall–Kier alpha value is -2.48. The first-order valence-corrected chi connectivity index (χ1v) is 9.81. The zero-order chi connectivity index (χ0) is 21.1. The van der Waals surface area contributed by atoms with Crippen LogP contribution in [0.1, 0.15) is 48.8 Å². The van der Waals surface area contributed by atoms with Crippen LogP contribution in [-0.2, 0) is 12.7 Å². The predicted octanol–water partition coefficient (Wildman–Crippen LogP) is 6.62. The van der Waals surface area contributed by atoms with Gasteiger partial charge < -0.3 is 14.8 Å². The van der Waals surface area contributed by atoms with E-state index in [4.69, 9.17) is 5.11 Å². The fourth-order valence-corrected chi connectivity index (χ4v) is 3.86. The second-order valence-electron chi connectivity index (χ2n) is 5.93. The number of halogens is 3. The molecule has 3 aromatic rings. The number of benzene rings is 1. The molecular weight excluding hydrogens is 391 g/mol. The van der Waals surface area contributed by atoms with Gasteiger partial charge in [-0.2, -0.15) is 13.2 Å². The zero-order valence-electron chi connectivity index (χ0n) is 15.8. The van der Waals surface area contributed by atoms with Crippen molar-refractivity contribution < 1.29 is 28.2 Å². The Balaban J connectivity index is 0.00000136. The average Bonchev–Trinajstić information content (AvgIpc) is 3.19. The number of aromatic carboxylic acids is 1. The maximum Gasteiger partial charge on any atom is 0.417 e. The summed E-state index contributed by atoms with van der Waals surface area (Å²) in [7, 11) is 0. The summed E-state index contributed by atoms with van der Waals surface area (Å²) >= 11 is 1.03. The molecule has 2 N–H and O–H groups in total. The van der Waals surface area contributed by atoms with Gasteiger partial charge >= 0.3 is 12.1 Å². The lowest BCUT2D eigenvalue weighted by molar-refractivity contribution is -0.137. The fraction of sp³-hybridized carbons (Fsp3) is 0.350. The molecule has 2 aromatic heterocycles. The van der Waals surface area contributed by atoms with Crippen molar-refractivity contribution in [2.75, 3.05) is 0 Å². The van der Waals surface area contributed by atoms with Crippen molar-refractivity contribution in [2.24, 2.45) is 0 Å². The molecule has 0 aliphatic carbocycles. The first-order valence-electron chi connectivity index (χ1n) is 8.99. The Morgan fingerprint density at radius 3 is 2.43 bits per heavy atom. The normalized spacial score (nSPS) is 11.4. The SMILES string of the molecule is CC.CCCCn1c(-c2ccc(O)cc2C(F)(F)F)cc2sc(C(=O)O)cc21. The molecule has 2 heterocycles. The van der Waals surface area contributed by atoms with E-state index in [1.807, 2.05) is 20.8 Å². The number of rotatable bonds is 5. The number of thiophene rings is 1. The van der Waals surface area contributed by atoms with Crippen LogP contribution in [0, 0.1) is 0 Å². The van der Waals surface area contributed by atoms with Gasteiger partial charge in [0.1, 0.15) is 10.6 Å². The van der Waals surface area contributed by atoms with E-state index in [0.29, 0.717) is 28.5 Å². The second kappa shape index (κ2) is 8.68. The largest absolute Gasteiger partial charge is 0.508 e. The molecule has 152 valence electrons. The Morgan fingerprint density at radius 1 is 1.18 bits per heavy atom. The molecule has 0 spiro atoms. The summed E-state index contributed by atoms with van der Waals surface area (Å²) in [6.07, 6.45) is -3.03. The molecule has 0 amide bonds. The van der Waals surface area contributed by atoms with Crippen molar-refractivity contribution in [1.82, 2.24) is 4.57 Å². The van der Waals surface area contributed by atoms with Crippen molar-refractivity contribution in [2.45, 2.75) is 46.3 Å². The van der Waals surface area contributed by atoms with E-state index in [0.717, 1.165) is 24.2 Å². The van der Waals surface area contributed by atoms with Gasteiger partial charge in [-0.3, -0.25) is 0 Å². The van der Waals surface area contributed by atoms with Crippen LogP contribution < -0.4 is 0 Å². The van der Waals surface area contributed by atoms with E-state index in [-0.39, 0.29) is 10.4 Å². The van der Waals surface area contributed by atoms with Gasteiger partial charge in [-0.1, -0.05) is 27.2 Å². The third-order valence-electron chi connectivity index (χ3n) is 4.12. The third kappa shape index (κ3) is 4.32. The summed E-state index contributed by atoms with van der Waals surface area (Å²) in [5, 5.41) is 18.6. The summed E-state index contributed by atoms with van der Waals surface area (Å²) in [5.41, 5.74) is 0.0200. The van der Waals surface area contributed by atoms with E-state index >= 15 is 0 Å². The van der Waals surface area contributed by atoms with Gasteiger partial charge in [-0.15, -0.1) is 11.3 Å². The number of aromatic nitrogens is 1. The highest BCUT2D eigenvalue weighted by molar-refractivity contribution is 7.20. The van der Waals surface area contributed by atoms with Gasteiger partial charge in [0.25, 0.3) is 0 Å². The minimum absolute atomic E-state index is 0.0355. The molecule has 0 radical (unpaired) electrons. The molecule has 4 nitrogen and oxygen atoms in total. The van der Waals surface area contributed by atoms with Gasteiger partial charge in [0, 0.05) is 12.1 Å². The Labute approximate surface area is 164 Å². The number of hydrogen-bond donors (Lipinski definition) is 2. The van der Waals surface area contributed by atoms with Crippen LogP contribution in [0.3, 0.4) is 0 Å². The summed E-state index contributed by atoms with van der Waals surface area (Å²) in [6, 6.07) is 6.26. The molecular formula is C20H22F3NO3S. The lowest BCUT2D eigenvalue weighted by Crippen LogP contribution is -2.09. The summed E-state index contributed by atoms with van der Waals surface area (Å²) < 4.78 is 42.7. The summed E-state index contributed by atoms with van der Waals surface area (Å²) in [4.78, 5) is 11.3. The number of aromatic hydroxyl groups is 1. The summed E-state index contributed by atoms with van der Waals surface area (Å²) in [5.74, 6) is -1.52. The van der Waals surface area contributed by atoms with Crippen molar-refractivity contribution in [3.05, 3.63) is 40.8 Å². The molecule has 0 unspecified atom stereocenters. The number of carbonyl (C=O) groups is 1. The van der Waals surface area contributed by atoms with Crippen molar-refractivity contribution >= 4 is 27.5 Å². The van der Waals surface area contributed by atoms with Gasteiger partial charge in [-0.25, -0.2) is 4.79 Å². The van der Waals surface area contributed by atoms with Crippen LogP contribution in [0.2, 0.25) is 0 Å². The van der Waals surface area contributed by atoms with Gasteiger partial charge in [0.05, 0.1) is 21.5 Å². The zero-order valence-corrected chi connectivity index (χ0v) is 16.6. The highest BCUT2D eigenvalue weighted by Gasteiger charge is 2.35. The molecule has 8 heteroatoms. The predicted molar refractivity (Wildman–Crippen MR) is 105 cm³/mol. The van der Waals surface area contributed by atoms with Gasteiger partial charge in [0.2, 0.25) is 0 Å². The molecule has 3 rings (SSSR count). The quantitative estimate of drug-likeness (QED) is 0.494. The van der Waals surface area contributed by atoms with Crippen LogP contribution in [0.15, 0.2) is 30.3 Å². The molecule has 28 heavy (non-hydrogen) atoms. The molecule has 0 atom stereocenters. The average molecular weight is 413 g/mol. The van der Waals surface area contributed by atoms with E-state index in [9.17, 15) is 23.1 Å². The number of carboxylic acid groups (broad SMARTS) is 1. The molecule has 0 saturated heterocycles. The lowest BCUT2D eigenvalue weighted by Gasteiger charge is -2.16. The number of unbranched alkanes of at least 4 members (excludes halogenated alkanes) is 1. The van der Waals surface area contributed by atoms with E-state index in [1.165, 1.54) is 18.2 Å². The Morgan fingerprint density at radius 2 is 1.86 bits per heavy atom. The van der Waals surface area contributed by atoms with Crippen LogP contribution in [0.4, 0.5) is 13.2 Å². The molecule has 0 saturated carbocycles. The highest BCUT2D eigenvalue weighted by atomic mass is 32.1. The fourth-order valence-electron chi connectivity index (χ4n) is 2.92. The second-order valence-corrected chi connectivity index (χ2v) is 7.01. The minimum Gasteiger partial charge on any atom is -0.508 e. The molecule has 0 fully saturated rings.